The third kappa shape index (κ3) is 4.10. The molecule has 0 amide bonds. The number of aromatic amines is 1. The lowest BCUT2D eigenvalue weighted by molar-refractivity contribution is 0.880. The van der Waals surface area contributed by atoms with E-state index in [0.717, 1.165) is 17.0 Å². The summed E-state index contributed by atoms with van der Waals surface area (Å²) >= 11 is 1.48. The number of nitrogens with one attached hydrogen (secondary N) is 1. The van der Waals surface area contributed by atoms with E-state index < -0.39 is 0 Å². The smallest absolute Gasteiger partial charge is 0.251 e. The second kappa shape index (κ2) is 6.38. The fourth-order valence-electron chi connectivity index (χ4n) is 1.81. The first-order valence-corrected chi connectivity index (χ1v) is 7.05. The molecule has 0 saturated carbocycles. The summed E-state index contributed by atoms with van der Waals surface area (Å²) in [4.78, 5) is 18.8. The van der Waals surface area contributed by atoms with Crippen LogP contribution >= 0.6 is 11.8 Å². The molecule has 0 aliphatic rings. The van der Waals surface area contributed by atoms with E-state index in [1.807, 2.05) is 12.1 Å². The second-order valence-electron chi connectivity index (χ2n) is 4.31. The Morgan fingerprint density at radius 1 is 1.42 bits per heavy atom. The van der Waals surface area contributed by atoms with E-state index in [4.69, 9.17) is 0 Å². The number of hydrogen-bond acceptors (Lipinski definition) is 3. The lowest BCUT2D eigenvalue weighted by atomic mass is 10.1. The molecule has 0 atom stereocenters. The highest BCUT2D eigenvalue weighted by Crippen LogP contribution is 2.13. The van der Waals surface area contributed by atoms with Crippen molar-refractivity contribution >= 4 is 11.8 Å². The van der Waals surface area contributed by atoms with E-state index in [1.165, 1.54) is 17.3 Å². The Labute approximate surface area is 116 Å². The van der Waals surface area contributed by atoms with Crippen LogP contribution in [0.2, 0.25) is 0 Å². The van der Waals surface area contributed by atoms with Gasteiger partial charge in [-0.3, -0.25) is 4.79 Å². The van der Waals surface area contributed by atoms with Crippen molar-refractivity contribution < 1.29 is 0 Å². The molecule has 98 valence electrons. The molecule has 4 heteroatoms. The van der Waals surface area contributed by atoms with Crippen LogP contribution in [0.1, 0.15) is 16.8 Å². The van der Waals surface area contributed by atoms with E-state index in [2.05, 4.69) is 35.6 Å². The molecule has 0 spiro atoms. The maximum absolute atomic E-state index is 11.6. The summed E-state index contributed by atoms with van der Waals surface area (Å²) < 4.78 is 0. The van der Waals surface area contributed by atoms with E-state index in [1.54, 1.807) is 12.1 Å². The van der Waals surface area contributed by atoms with E-state index in [-0.39, 0.29) is 5.56 Å². The highest BCUT2D eigenvalue weighted by atomic mass is 32.2. The number of H-pyrrole nitrogens is 1. The Bertz CT molecular complexity index is 634. The highest BCUT2D eigenvalue weighted by molar-refractivity contribution is 7.99. The maximum Gasteiger partial charge on any atom is 0.251 e. The van der Waals surface area contributed by atoms with Crippen molar-refractivity contribution in [3.63, 3.8) is 0 Å². The summed E-state index contributed by atoms with van der Waals surface area (Å²) in [5.41, 5.74) is 3.06. The molecule has 3 nitrogen and oxygen atoms in total. The number of aromatic nitrogens is 2. The van der Waals surface area contributed by atoms with Crippen LogP contribution in [0.25, 0.3) is 0 Å². The minimum absolute atomic E-state index is 0.107. The van der Waals surface area contributed by atoms with Gasteiger partial charge in [-0.1, -0.05) is 47.7 Å². The van der Waals surface area contributed by atoms with Crippen molar-refractivity contribution in [2.75, 3.05) is 5.75 Å². The minimum Gasteiger partial charge on any atom is -0.301 e. The van der Waals surface area contributed by atoms with Gasteiger partial charge in [0.05, 0.1) is 5.69 Å². The van der Waals surface area contributed by atoms with Crippen LogP contribution in [-0.2, 0) is 6.42 Å². The van der Waals surface area contributed by atoms with Crippen molar-refractivity contribution in [1.82, 2.24) is 9.97 Å². The molecule has 1 aromatic carbocycles. The number of rotatable bonds is 5. The van der Waals surface area contributed by atoms with E-state index in [0.29, 0.717) is 11.6 Å². The molecule has 0 bridgehead atoms. The van der Waals surface area contributed by atoms with Gasteiger partial charge >= 0.3 is 0 Å². The highest BCUT2D eigenvalue weighted by Gasteiger charge is 2.03. The first kappa shape index (κ1) is 13.6. The zero-order chi connectivity index (χ0) is 13.7. The van der Waals surface area contributed by atoms with Gasteiger partial charge in [-0.05, 0) is 12.5 Å². The summed E-state index contributed by atoms with van der Waals surface area (Å²) in [5.74, 6) is 0.733. The molecule has 1 N–H and O–H groups in total. The van der Waals surface area contributed by atoms with Crippen molar-refractivity contribution in [3.05, 3.63) is 70.2 Å². The van der Waals surface area contributed by atoms with Crippen LogP contribution in [0.5, 0.6) is 0 Å². The van der Waals surface area contributed by atoms with Crippen LogP contribution in [0, 0.1) is 6.92 Å². The first-order chi connectivity index (χ1) is 9.17. The second-order valence-corrected chi connectivity index (χ2v) is 5.32. The summed E-state index contributed by atoms with van der Waals surface area (Å²) in [6.07, 6.45) is 2.46. The fraction of sp³-hybridized carbons (Fsp3) is 0.200. The molecule has 19 heavy (non-hydrogen) atoms. The van der Waals surface area contributed by atoms with Gasteiger partial charge in [0.2, 0.25) is 0 Å². The molecule has 0 aliphatic heterocycles. The number of hydrogen-bond donors (Lipinski definition) is 1. The molecule has 1 heterocycles. The first-order valence-electron chi connectivity index (χ1n) is 6.07. The van der Waals surface area contributed by atoms with Crippen molar-refractivity contribution in [2.45, 2.75) is 18.5 Å². The molecule has 0 aliphatic carbocycles. The zero-order valence-corrected chi connectivity index (χ0v) is 11.7. The van der Waals surface area contributed by atoms with Crippen molar-refractivity contribution in [1.29, 1.82) is 0 Å². The molecule has 0 unspecified atom stereocenters. The maximum atomic E-state index is 11.6. The number of aryl methyl sites for hydroxylation is 1. The summed E-state index contributed by atoms with van der Waals surface area (Å²) in [6.45, 7) is 5.71. The Hall–Kier alpha value is -1.81. The van der Waals surface area contributed by atoms with Crippen molar-refractivity contribution in [3.8, 4) is 0 Å². The van der Waals surface area contributed by atoms with E-state index in [9.17, 15) is 4.79 Å². The quantitative estimate of drug-likeness (QED) is 0.517. The lowest BCUT2D eigenvalue weighted by Gasteiger charge is -2.04. The average molecular weight is 272 g/mol. The van der Waals surface area contributed by atoms with Gasteiger partial charge in [-0.15, -0.1) is 6.58 Å². The summed E-state index contributed by atoms with van der Waals surface area (Å²) in [7, 11) is 0. The van der Waals surface area contributed by atoms with Gasteiger partial charge in [0, 0.05) is 18.2 Å². The van der Waals surface area contributed by atoms with Crippen molar-refractivity contribution in [2.24, 2.45) is 0 Å². The number of thioether (sulfide) groups is 1. The molecule has 0 radical (unpaired) electrons. The fourth-order valence-corrected chi connectivity index (χ4v) is 2.44. The topological polar surface area (TPSA) is 45.8 Å². The predicted octanol–water partition coefficient (Wildman–Crippen LogP) is 2.95. The van der Waals surface area contributed by atoms with Gasteiger partial charge in [0.1, 0.15) is 0 Å². The van der Waals surface area contributed by atoms with Gasteiger partial charge in [-0.2, -0.15) is 0 Å². The largest absolute Gasteiger partial charge is 0.301 e. The molecule has 0 fully saturated rings. The van der Waals surface area contributed by atoms with Gasteiger partial charge in [-0.25, -0.2) is 4.98 Å². The number of benzene rings is 1. The van der Waals surface area contributed by atoms with E-state index >= 15 is 0 Å². The standard InChI is InChI=1S/C15H16N2OS/c1-3-7-19-15-16-13(10-14(18)17-15)9-12-6-4-5-11(2)8-12/h3-6,8,10H,1,7,9H2,2H3,(H,16,17,18). The monoisotopic (exact) mass is 272 g/mol. The Balaban J connectivity index is 2.22. The number of nitrogens with zero attached hydrogens (tertiary/aromatic N) is 1. The predicted molar refractivity (Wildman–Crippen MR) is 79.8 cm³/mol. The molecule has 0 saturated heterocycles. The normalized spacial score (nSPS) is 10.4. The molecular formula is C15H16N2OS. The Morgan fingerprint density at radius 3 is 3.00 bits per heavy atom. The molecule has 1 aromatic heterocycles. The van der Waals surface area contributed by atoms with Crippen LogP contribution in [0.4, 0.5) is 0 Å². The van der Waals surface area contributed by atoms with Crippen LogP contribution in [-0.4, -0.2) is 15.7 Å². The van der Waals surface area contributed by atoms with Crippen LogP contribution in [0.15, 0.2) is 52.9 Å². The van der Waals surface area contributed by atoms with Gasteiger partial charge in [0.25, 0.3) is 5.56 Å². The third-order valence-corrected chi connectivity index (χ3v) is 3.45. The lowest BCUT2D eigenvalue weighted by Crippen LogP contribution is -2.10. The van der Waals surface area contributed by atoms with Crippen LogP contribution in [0.3, 0.4) is 0 Å². The molecule has 2 rings (SSSR count). The molecular weight excluding hydrogens is 256 g/mol. The third-order valence-electron chi connectivity index (χ3n) is 2.58. The zero-order valence-electron chi connectivity index (χ0n) is 10.8. The molecule has 2 aromatic rings. The summed E-state index contributed by atoms with van der Waals surface area (Å²) in [5, 5.41) is 0.648. The van der Waals surface area contributed by atoms with Crippen LogP contribution < -0.4 is 5.56 Å². The Morgan fingerprint density at radius 2 is 2.26 bits per heavy atom. The van der Waals surface area contributed by atoms with Gasteiger partial charge < -0.3 is 4.98 Å². The average Bonchev–Trinajstić information content (AvgIpc) is 2.35. The van der Waals surface area contributed by atoms with Gasteiger partial charge in [0.15, 0.2) is 5.16 Å². The Kier molecular flexibility index (Phi) is 4.58. The summed E-state index contributed by atoms with van der Waals surface area (Å²) in [6, 6.07) is 9.79. The SMILES string of the molecule is C=CCSc1nc(Cc2cccc(C)c2)cc(=O)[nH]1. The minimum atomic E-state index is -0.107.